The van der Waals surface area contributed by atoms with Crippen LogP contribution in [-0.2, 0) is 21.9 Å². The summed E-state index contributed by atoms with van der Waals surface area (Å²) in [6.07, 6.45) is 0. The van der Waals surface area contributed by atoms with E-state index in [0.717, 1.165) is 11.1 Å². The number of hydrogen-bond donors (Lipinski definition) is 1. The zero-order valence-corrected chi connectivity index (χ0v) is 19.7. The minimum absolute atomic E-state index is 0.155. The van der Waals surface area contributed by atoms with E-state index in [1.807, 2.05) is 6.07 Å². The van der Waals surface area contributed by atoms with Crippen molar-refractivity contribution in [2.45, 2.75) is 25.3 Å². The van der Waals surface area contributed by atoms with Crippen molar-refractivity contribution in [3.05, 3.63) is 67.6 Å². The van der Waals surface area contributed by atoms with Gasteiger partial charge in [0.05, 0.1) is 25.8 Å². The van der Waals surface area contributed by atoms with E-state index < -0.39 is 6.04 Å². The molecule has 29 heavy (non-hydrogen) atoms. The molecule has 1 atom stereocenters. The van der Waals surface area contributed by atoms with Crippen LogP contribution in [0, 0.1) is 0 Å². The summed E-state index contributed by atoms with van der Waals surface area (Å²) in [5.41, 5.74) is 1.76. The van der Waals surface area contributed by atoms with E-state index in [2.05, 4.69) is 5.32 Å². The van der Waals surface area contributed by atoms with Crippen LogP contribution in [0.1, 0.15) is 18.1 Å². The molecule has 1 N–H and O–H groups in total. The van der Waals surface area contributed by atoms with Gasteiger partial charge in [-0.1, -0.05) is 58.5 Å². The summed E-state index contributed by atoms with van der Waals surface area (Å²) in [5, 5.41) is 4.39. The summed E-state index contributed by atoms with van der Waals surface area (Å²) >= 11 is 25.4. The van der Waals surface area contributed by atoms with E-state index in [1.165, 1.54) is 16.7 Å². The highest BCUT2D eigenvalue weighted by molar-refractivity contribution is 7.99. The summed E-state index contributed by atoms with van der Waals surface area (Å²) in [6.45, 7) is 1.94. The molecule has 0 aliphatic carbocycles. The molecule has 0 aliphatic rings. The van der Waals surface area contributed by atoms with Gasteiger partial charge in [-0.25, -0.2) is 0 Å². The number of rotatable bonds is 8. The van der Waals surface area contributed by atoms with E-state index in [0.29, 0.717) is 25.8 Å². The molecular formula is C20H20Cl4N2O2S. The predicted molar refractivity (Wildman–Crippen MR) is 123 cm³/mol. The van der Waals surface area contributed by atoms with Crippen LogP contribution in [-0.4, -0.2) is 35.6 Å². The lowest BCUT2D eigenvalue weighted by atomic mass is 10.1. The third kappa shape index (κ3) is 6.97. The Morgan fingerprint density at radius 3 is 2.07 bits per heavy atom. The summed E-state index contributed by atoms with van der Waals surface area (Å²) in [4.78, 5) is 26.6. The molecule has 0 saturated carbocycles. The number of carbonyl (C=O) groups is 2. The number of likely N-dealkylation sites (N-methyl/N-ethyl adjacent to an activating group) is 1. The van der Waals surface area contributed by atoms with E-state index in [4.69, 9.17) is 46.4 Å². The first-order valence-corrected chi connectivity index (χ1v) is 11.4. The Kier molecular flexibility index (Phi) is 9.44. The molecule has 2 amide bonds. The van der Waals surface area contributed by atoms with Crippen LogP contribution in [0.2, 0.25) is 20.1 Å². The van der Waals surface area contributed by atoms with Gasteiger partial charge in [0.2, 0.25) is 11.8 Å². The normalized spacial score (nSPS) is 11.8. The Hall–Kier alpha value is -1.11. The minimum Gasteiger partial charge on any atom is -0.357 e. The largest absolute Gasteiger partial charge is 0.357 e. The molecule has 0 saturated heterocycles. The second kappa shape index (κ2) is 11.3. The number of carbonyl (C=O) groups excluding carboxylic acids is 2. The molecule has 4 nitrogen and oxygen atoms in total. The topological polar surface area (TPSA) is 49.4 Å². The number of hydrogen-bond acceptors (Lipinski definition) is 3. The van der Waals surface area contributed by atoms with Gasteiger partial charge in [0.25, 0.3) is 0 Å². The molecule has 2 aromatic carbocycles. The van der Waals surface area contributed by atoms with Gasteiger partial charge in [0, 0.05) is 19.3 Å². The van der Waals surface area contributed by atoms with Crippen LogP contribution in [0.15, 0.2) is 36.4 Å². The molecule has 9 heteroatoms. The summed E-state index contributed by atoms with van der Waals surface area (Å²) < 4.78 is 0. The number of halogens is 4. The van der Waals surface area contributed by atoms with Crippen LogP contribution in [0.5, 0.6) is 0 Å². The van der Waals surface area contributed by atoms with E-state index in [9.17, 15) is 9.59 Å². The lowest BCUT2D eigenvalue weighted by molar-refractivity contribution is -0.138. The monoisotopic (exact) mass is 492 g/mol. The molecule has 0 spiro atoms. The number of nitrogens with one attached hydrogen (secondary N) is 1. The highest BCUT2D eigenvalue weighted by Crippen LogP contribution is 2.26. The number of benzene rings is 2. The van der Waals surface area contributed by atoms with Crippen LogP contribution >= 0.6 is 58.2 Å². The highest BCUT2D eigenvalue weighted by atomic mass is 35.5. The van der Waals surface area contributed by atoms with Crippen molar-refractivity contribution in [3.63, 3.8) is 0 Å². The highest BCUT2D eigenvalue weighted by Gasteiger charge is 2.25. The van der Waals surface area contributed by atoms with Crippen LogP contribution < -0.4 is 5.32 Å². The second-order valence-electron chi connectivity index (χ2n) is 6.30. The first kappa shape index (κ1) is 24.2. The van der Waals surface area contributed by atoms with Gasteiger partial charge < -0.3 is 10.2 Å². The maximum atomic E-state index is 12.9. The molecule has 156 valence electrons. The molecule has 0 bridgehead atoms. The zero-order chi connectivity index (χ0) is 21.6. The predicted octanol–water partition coefficient (Wildman–Crippen LogP) is 5.70. The SMILES string of the molecule is CNC(=O)[C@H](C)N(Cc1ccc(Cl)c(Cl)c1)C(=O)CSCc1ccc(Cl)c(Cl)c1. The smallest absolute Gasteiger partial charge is 0.242 e. The van der Waals surface area contributed by atoms with Crippen molar-refractivity contribution in [2.24, 2.45) is 0 Å². The standard InChI is InChI=1S/C20H20Cl4N2O2S/c1-12(20(28)25-2)26(9-13-3-5-15(21)17(23)7-13)19(27)11-29-10-14-4-6-16(22)18(24)8-14/h3-8,12H,9-11H2,1-2H3,(H,25,28)/t12-/m0/s1. The Balaban J connectivity index is 2.07. The van der Waals surface area contributed by atoms with E-state index in [-0.39, 0.29) is 24.1 Å². The van der Waals surface area contributed by atoms with E-state index >= 15 is 0 Å². The van der Waals surface area contributed by atoms with Crippen molar-refractivity contribution in [1.29, 1.82) is 0 Å². The summed E-state index contributed by atoms with van der Waals surface area (Å²) in [7, 11) is 1.54. The van der Waals surface area contributed by atoms with E-state index in [1.54, 1.807) is 44.3 Å². The first-order chi connectivity index (χ1) is 13.7. The number of amides is 2. The fraction of sp³-hybridized carbons (Fsp3) is 0.300. The molecule has 0 fully saturated rings. The molecular weight excluding hydrogens is 474 g/mol. The Bertz CT molecular complexity index is 895. The molecule has 0 aliphatic heterocycles. The summed E-state index contributed by atoms with van der Waals surface area (Å²) in [6, 6.07) is 9.90. The lowest BCUT2D eigenvalue weighted by Crippen LogP contribution is -2.47. The van der Waals surface area contributed by atoms with Gasteiger partial charge in [-0.05, 0) is 42.3 Å². The Labute approximate surface area is 194 Å². The third-order valence-corrected chi connectivity index (χ3v) is 6.70. The fourth-order valence-corrected chi connectivity index (χ4v) is 4.09. The second-order valence-corrected chi connectivity index (χ2v) is 8.92. The molecule has 2 rings (SSSR count). The van der Waals surface area contributed by atoms with Gasteiger partial charge in [-0.3, -0.25) is 9.59 Å². The maximum absolute atomic E-state index is 12.9. The van der Waals surface area contributed by atoms with Gasteiger partial charge in [0.1, 0.15) is 6.04 Å². The Morgan fingerprint density at radius 1 is 0.966 bits per heavy atom. The van der Waals surface area contributed by atoms with Crippen LogP contribution in [0.4, 0.5) is 0 Å². The number of thioether (sulfide) groups is 1. The molecule has 0 radical (unpaired) electrons. The van der Waals surface area contributed by atoms with Crippen LogP contribution in [0.3, 0.4) is 0 Å². The van der Waals surface area contributed by atoms with Gasteiger partial charge in [-0.15, -0.1) is 11.8 Å². The third-order valence-electron chi connectivity index (χ3n) is 4.23. The molecule has 2 aromatic rings. The summed E-state index contributed by atoms with van der Waals surface area (Å²) in [5.74, 6) is 0.408. The molecule has 0 heterocycles. The average molecular weight is 494 g/mol. The molecule has 0 aromatic heterocycles. The van der Waals surface area contributed by atoms with Gasteiger partial charge in [0.15, 0.2) is 0 Å². The average Bonchev–Trinajstić information content (AvgIpc) is 2.70. The minimum atomic E-state index is -0.632. The van der Waals surface area contributed by atoms with Crippen molar-refractivity contribution in [1.82, 2.24) is 10.2 Å². The van der Waals surface area contributed by atoms with Crippen molar-refractivity contribution < 1.29 is 9.59 Å². The van der Waals surface area contributed by atoms with Crippen molar-refractivity contribution in [3.8, 4) is 0 Å². The fourth-order valence-electron chi connectivity index (χ4n) is 2.59. The van der Waals surface area contributed by atoms with Gasteiger partial charge in [-0.2, -0.15) is 0 Å². The van der Waals surface area contributed by atoms with Crippen molar-refractivity contribution in [2.75, 3.05) is 12.8 Å². The lowest BCUT2D eigenvalue weighted by Gasteiger charge is -2.28. The van der Waals surface area contributed by atoms with Crippen LogP contribution in [0.25, 0.3) is 0 Å². The Morgan fingerprint density at radius 2 is 1.52 bits per heavy atom. The maximum Gasteiger partial charge on any atom is 0.242 e. The van der Waals surface area contributed by atoms with Gasteiger partial charge >= 0.3 is 0 Å². The quantitative estimate of drug-likeness (QED) is 0.513. The molecule has 0 unspecified atom stereocenters. The first-order valence-electron chi connectivity index (χ1n) is 8.69. The van der Waals surface area contributed by atoms with Crippen molar-refractivity contribution >= 4 is 70.0 Å². The zero-order valence-electron chi connectivity index (χ0n) is 15.8. The number of nitrogens with zero attached hydrogens (tertiary/aromatic N) is 1.